The van der Waals surface area contributed by atoms with Crippen molar-refractivity contribution in [3.63, 3.8) is 0 Å². The second-order valence-electron chi connectivity index (χ2n) is 5.48. The highest BCUT2D eigenvalue weighted by Crippen LogP contribution is 2.41. The predicted molar refractivity (Wildman–Crippen MR) is 87.4 cm³/mol. The van der Waals surface area contributed by atoms with Gasteiger partial charge in [-0.2, -0.15) is 0 Å². The van der Waals surface area contributed by atoms with Crippen LogP contribution in [0.3, 0.4) is 0 Å². The molecule has 2 aliphatic rings. The summed E-state index contributed by atoms with van der Waals surface area (Å²) < 4.78 is 31.1. The van der Waals surface area contributed by atoms with Crippen molar-refractivity contribution in [2.45, 2.75) is 0 Å². The van der Waals surface area contributed by atoms with Crippen LogP contribution in [0.15, 0.2) is 54.4 Å². The minimum Gasteiger partial charge on any atom is -0.396 e. The van der Waals surface area contributed by atoms with E-state index in [4.69, 9.17) is 11.6 Å². The molecular formula is C15H9BClF2N3O2. The number of nitrogens with zero attached hydrogens (tertiary/aromatic N) is 3. The van der Waals surface area contributed by atoms with Gasteiger partial charge in [0.2, 0.25) is 0 Å². The van der Waals surface area contributed by atoms with E-state index in [2.05, 4.69) is 0 Å². The third-order valence-corrected chi connectivity index (χ3v) is 4.40. The molecule has 0 fully saturated rings. The summed E-state index contributed by atoms with van der Waals surface area (Å²) in [7, 11) is 0. The quantitative estimate of drug-likeness (QED) is 0.472. The molecule has 0 aliphatic carbocycles. The largest absolute Gasteiger partial charge is 0.737 e. The maximum absolute atomic E-state index is 14.7. The fourth-order valence-electron chi connectivity index (χ4n) is 3.16. The zero-order valence-electron chi connectivity index (χ0n) is 12.1. The molecule has 1 aromatic carbocycles. The number of aromatic nitrogens is 1. The highest BCUT2D eigenvalue weighted by atomic mass is 35.5. The first-order valence-electron chi connectivity index (χ1n) is 7.09. The van der Waals surface area contributed by atoms with E-state index in [9.17, 15) is 18.7 Å². The van der Waals surface area contributed by atoms with Gasteiger partial charge in [0.25, 0.3) is 5.69 Å². The van der Waals surface area contributed by atoms with Crippen molar-refractivity contribution in [3.05, 3.63) is 80.8 Å². The molecule has 0 bridgehead atoms. The SMILES string of the molecule is O=[N+]([O-])c1cc(Cl)ccc1C1=C2C=CC=[N+]2[B-](F)(F)n2cccc21. The summed E-state index contributed by atoms with van der Waals surface area (Å²) in [5.74, 6) is 0. The molecule has 0 saturated heterocycles. The standard InChI is InChI=1S/C15H9BClF2N3O2/c17-10-5-6-11(14(9-10)22(23)24)15-12-3-1-7-20(12)16(18,19)21-8-2-4-13(15)21/h1-9H. The fraction of sp³-hybridized carbons (Fsp3) is 0. The Bertz CT molecular complexity index is 994. The number of nitro groups is 1. The summed E-state index contributed by atoms with van der Waals surface area (Å²) >= 11 is 5.86. The average Bonchev–Trinajstić information content (AvgIpc) is 3.18. The summed E-state index contributed by atoms with van der Waals surface area (Å²) in [5.41, 5.74) is 0.862. The van der Waals surface area contributed by atoms with Crippen LogP contribution in [-0.4, -0.2) is 27.1 Å². The number of hydrogen-bond donors (Lipinski definition) is 0. The Morgan fingerprint density at radius 1 is 1.29 bits per heavy atom. The Balaban J connectivity index is 2.08. The zero-order valence-corrected chi connectivity index (χ0v) is 12.8. The Morgan fingerprint density at radius 2 is 2.08 bits per heavy atom. The first-order chi connectivity index (χ1) is 11.4. The number of halogens is 3. The van der Waals surface area contributed by atoms with Crippen LogP contribution in [0.25, 0.3) is 5.57 Å². The lowest BCUT2D eigenvalue weighted by Crippen LogP contribution is -2.49. The number of benzene rings is 1. The number of fused-ring (bicyclic) bond motifs is 2. The van der Waals surface area contributed by atoms with Crippen LogP contribution in [0.1, 0.15) is 11.3 Å². The lowest BCUT2D eigenvalue weighted by atomic mass is 9.86. The molecule has 2 aliphatic heterocycles. The highest BCUT2D eigenvalue weighted by molar-refractivity contribution is 6.57. The van der Waals surface area contributed by atoms with Crippen LogP contribution in [0.2, 0.25) is 5.02 Å². The summed E-state index contributed by atoms with van der Waals surface area (Å²) in [4.78, 5) is 10.9. The molecule has 9 heteroatoms. The highest BCUT2D eigenvalue weighted by Gasteiger charge is 2.52. The van der Waals surface area contributed by atoms with Crippen LogP contribution < -0.4 is 0 Å². The second-order valence-corrected chi connectivity index (χ2v) is 5.92. The average molecular weight is 348 g/mol. The first-order valence-corrected chi connectivity index (χ1v) is 7.47. The number of rotatable bonds is 2. The lowest BCUT2D eigenvalue weighted by molar-refractivity contribution is -0.385. The van der Waals surface area contributed by atoms with Crippen molar-refractivity contribution < 1.29 is 18.0 Å². The minimum atomic E-state index is -4.03. The van der Waals surface area contributed by atoms with E-state index in [1.54, 1.807) is 0 Å². The van der Waals surface area contributed by atoms with Gasteiger partial charge in [0.15, 0.2) is 5.70 Å². The smallest absolute Gasteiger partial charge is 0.396 e. The van der Waals surface area contributed by atoms with Gasteiger partial charge in [-0.1, -0.05) is 11.6 Å². The topological polar surface area (TPSA) is 51.1 Å². The van der Waals surface area contributed by atoms with Crippen molar-refractivity contribution in [1.29, 1.82) is 0 Å². The molecule has 0 atom stereocenters. The van der Waals surface area contributed by atoms with Crippen LogP contribution in [0, 0.1) is 10.1 Å². The molecule has 2 aromatic rings. The van der Waals surface area contributed by atoms with Crippen molar-refractivity contribution in [2.75, 3.05) is 0 Å². The van der Waals surface area contributed by atoms with Crippen LogP contribution >= 0.6 is 11.6 Å². The first kappa shape index (κ1) is 14.8. The Hall–Kier alpha value is -2.74. The van der Waals surface area contributed by atoms with E-state index in [0.717, 1.165) is 8.96 Å². The second kappa shape index (κ2) is 4.88. The van der Waals surface area contributed by atoms with E-state index in [1.807, 2.05) is 0 Å². The van der Waals surface area contributed by atoms with Crippen LogP contribution in [0.4, 0.5) is 14.3 Å². The van der Waals surface area contributed by atoms with Gasteiger partial charge >= 0.3 is 6.97 Å². The van der Waals surface area contributed by atoms with Crippen molar-refractivity contribution in [1.82, 2.24) is 4.48 Å². The molecule has 5 nitrogen and oxygen atoms in total. The molecule has 0 saturated carbocycles. The van der Waals surface area contributed by atoms with E-state index in [0.29, 0.717) is 5.57 Å². The van der Waals surface area contributed by atoms with Crippen molar-refractivity contribution in [2.24, 2.45) is 0 Å². The van der Waals surface area contributed by atoms with Gasteiger partial charge in [-0.3, -0.25) is 10.1 Å². The van der Waals surface area contributed by atoms with E-state index >= 15 is 0 Å². The summed E-state index contributed by atoms with van der Waals surface area (Å²) in [6.45, 7) is -4.03. The fourth-order valence-corrected chi connectivity index (χ4v) is 3.33. The minimum absolute atomic E-state index is 0.210. The van der Waals surface area contributed by atoms with Gasteiger partial charge in [-0.05, 0) is 30.5 Å². The predicted octanol–water partition coefficient (Wildman–Crippen LogP) is 3.70. The summed E-state index contributed by atoms with van der Waals surface area (Å²) in [6.07, 6.45) is 5.58. The van der Waals surface area contributed by atoms with Gasteiger partial charge in [-0.15, -0.1) is 0 Å². The Labute approximate surface area is 140 Å². The Kier molecular flexibility index (Phi) is 3.01. The normalized spacial score (nSPS) is 17.5. The maximum Gasteiger partial charge on any atom is 0.737 e. The number of nitro benzene ring substituents is 1. The molecule has 120 valence electrons. The summed E-state index contributed by atoms with van der Waals surface area (Å²) in [6, 6.07) is 7.25. The van der Waals surface area contributed by atoms with Crippen molar-refractivity contribution in [3.8, 4) is 0 Å². The number of allylic oxidation sites excluding steroid dienone is 2. The van der Waals surface area contributed by atoms with Gasteiger partial charge in [0.05, 0.1) is 16.1 Å². The Morgan fingerprint density at radius 3 is 2.83 bits per heavy atom. The van der Waals surface area contributed by atoms with E-state index in [-0.39, 0.29) is 27.7 Å². The molecule has 0 unspecified atom stereocenters. The summed E-state index contributed by atoms with van der Waals surface area (Å²) in [5, 5.41) is 11.6. The van der Waals surface area contributed by atoms with Gasteiger partial charge in [0, 0.05) is 28.9 Å². The molecule has 1 aromatic heterocycles. The third kappa shape index (κ3) is 1.89. The molecule has 0 spiro atoms. The van der Waals surface area contributed by atoms with Crippen molar-refractivity contribution >= 4 is 36.0 Å². The molecule has 0 radical (unpaired) electrons. The van der Waals surface area contributed by atoms with Gasteiger partial charge < -0.3 is 17.6 Å². The molecule has 4 rings (SSSR count). The molecule has 24 heavy (non-hydrogen) atoms. The lowest BCUT2D eigenvalue weighted by Gasteiger charge is -2.30. The zero-order chi connectivity index (χ0) is 17.1. The third-order valence-electron chi connectivity index (χ3n) is 4.17. The molecule has 0 amide bonds. The van der Waals surface area contributed by atoms with Gasteiger partial charge in [-0.25, -0.2) is 0 Å². The number of hydrogen-bond acceptors (Lipinski definition) is 2. The van der Waals surface area contributed by atoms with Gasteiger partial charge in [0.1, 0.15) is 6.21 Å². The molecule has 3 heterocycles. The molecule has 0 N–H and O–H groups in total. The molecular weight excluding hydrogens is 338 g/mol. The van der Waals surface area contributed by atoms with E-state index in [1.165, 1.54) is 54.9 Å². The van der Waals surface area contributed by atoms with E-state index < -0.39 is 11.9 Å². The maximum atomic E-state index is 14.7. The monoisotopic (exact) mass is 347 g/mol. The van der Waals surface area contributed by atoms with Crippen LogP contribution in [0.5, 0.6) is 0 Å². The van der Waals surface area contributed by atoms with Crippen LogP contribution in [-0.2, 0) is 0 Å².